The van der Waals surface area contributed by atoms with Gasteiger partial charge >= 0.3 is 0 Å². The molecule has 17 heavy (non-hydrogen) atoms. The highest BCUT2D eigenvalue weighted by atomic mass is 32.1. The van der Waals surface area contributed by atoms with Crippen LogP contribution in [0.4, 0.5) is 11.4 Å². The molecule has 4 nitrogen and oxygen atoms in total. The Hall–Kier alpha value is -1.75. The van der Waals surface area contributed by atoms with Gasteiger partial charge in [0.2, 0.25) is 0 Å². The third-order valence-corrected chi connectivity index (χ3v) is 3.13. The van der Waals surface area contributed by atoms with Crippen LogP contribution in [0.15, 0.2) is 23.6 Å². The van der Waals surface area contributed by atoms with Gasteiger partial charge in [-0.15, -0.1) is 11.3 Å². The molecule has 5 heteroatoms. The summed E-state index contributed by atoms with van der Waals surface area (Å²) in [7, 11) is 1.63. The molecule has 0 unspecified atom stereocenters. The van der Waals surface area contributed by atoms with E-state index in [1.165, 1.54) is 0 Å². The second kappa shape index (κ2) is 5.05. The molecule has 0 aliphatic carbocycles. The maximum atomic E-state index is 5.77. The van der Waals surface area contributed by atoms with Crippen molar-refractivity contribution in [3.63, 3.8) is 0 Å². The van der Waals surface area contributed by atoms with Gasteiger partial charge < -0.3 is 15.8 Å². The minimum Gasteiger partial charge on any atom is -0.497 e. The van der Waals surface area contributed by atoms with Crippen molar-refractivity contribution in [1.82, 2.24) is 4.98 Å². The zero-order chi connectivity index (χ0) is 12.3. The number of nitrogens with one attached hydrogen (secondary N) is 1. The molecule has 0 amide bonds. The van der Waals surface area contributed by atoms with Crippen molar-refractivity contribution in [2.45, 2.75) is 13.5 Å². The van der Waals surface area contributed by atoms with Crippen LogP contribution < -0.4 is 15.8 Å². The number of rotatable bonds is 4. The standard InChI is InChI=1S/C12H15N3OS/c1-8-15-11(7-17-8)6-14-10-3-9(13)4-12(5-10)16-2/h3-5,7,14H,6,13H2,1-2H3. The molecular formula is C12H15N3OS. The average molecular weight is 249 g/mol. The first kappa shape index (κ1) is 11.7. The van der Waals surface area contributed by atoms with Crippen molar-refractivity contribution in [2.24, 2.45) is 0 Å². The Kier molecular flexibility index (Phi) is 3.49. The van der Waals surface area contributed by atoms with E-state index < -0.39 is 0 Å². The number of nitrogens with two attached hydrogens (primary N) is 1. The van der Waals surface area contributed by atoms with Crippen LogP contribution in [-0.4, -0.2) is 12.1 Å². The molecule has 1 heterocycles. The van der Waals surface area contributed by atoms with Crippen molar-refractivity contribution in [1.29, 1.82) is 0 Å². The van der Waals surface area contributed by atoms with Gasteiger partial charge in [-0.2, -0.15) is 0 Å². The van der Waals surface area contributed by atoms with Gasteiger partial charge in [0.05, 0.1) is 24.4 Å². The summed E-state index contributed by atoms with van der Waals surface area (Å²) in [5.41, 5.74) is 8.43. The molecule has 0 aliphatic rings. The largest absolute Gasteiger partial charge is 0.497 e. The van der Waals surface area contributed by atoms with Crippen LogP contribution in [0.3, 0.4) is 0 Å². The molecule has 0 bridgehead atoms. The maximum Gasteiger partial charge on any atom is 0.122 e. The van der Waals surface area contributed by atoms with E-state index in [-0.39, 0.29) is 0 Å². The predicted octanol–water partition coefficient (Wildman–Crippen LogP) is 2.65. The summed E-state index contributed by atoms with van der Waals surface area (Å²) >= 11 is 1.65. The maximum absolute atomic E-state index is 5.77. The van der Waals surface area contributed by atoms with E-state index in [0.29, 0.717) is 12.2 Å². The SMILES string of the molecule is COc1cc(N)cc(NCc2csc(C)n2)c1. The van der Waals surface area contributed by atoms with Crippen LogP contribution in [0.5, 0.6) is 5.75 Å². The predicted molar refractivity (Wildman–Crippen MR) is 71.6 cm³/mol. The Morgan fingerprint density at radius 2 is 2.24 bits per heavy atom. The lowest BCUT2D eigenvalue weighted by atomic mass is 10.2. The van der Waals surface area contributed by atoms with Gasteiger partial charge in [-0.25, -0.2) is 4.98 Å². The van der Waals surface area contributed by atoms with E-state index in [2.05, 4.69) is 10.3 Å². The first-order valence-corrected chi connectivity index (χ1v) is 6.15. The van der Waals surface area contributed by atoms with Gasteiger partial charge in [0.15, 0.2) is 0 Å². The Morgan fingerprint density at radius 3 is 2.88 bits per heavy atom. The Bertz CT molecular complexity index is 510. The van der Waals surface area contributed by atoms with Crippen LogP contribution in [0.1, 0.15) is 10.7 Å². The number of benzene rings is 1. The highest BCUT2D eigenvalue weighted by Gasteiger charge is 2.01. The van der Waals surface area contributed by atoms with Gasteiger partial charge in [-0.05, 0) is 13.0 Å². The summed E-state index contributed by atoms with van der Waals surface area (Å²) in [5, 5.41) is 6.40. The van der Waals surface area contributed by atoms with Gasteiger partial charge in [0.1, 0.15) is 5.75 Å². The molecular weight excluding hydrogens is 234 g/mol. The van der Waals surface area contributed by atoms with Gasteiger partial charge in [-0.3, -0.25) is 0 Å². The van der Waals surface area contributed by atoms with Crippen molar-refractivity contribution < 1.29 is 4.74 Å². The summed E-state index contributed by atoms with van der Waals surface area (Å²) in [6.45, 7) is 2.69. The van der Waals surface area contributed by atoms with Gasteiger partial charge in [-0.1, -0.05) is 0 Å². The molecule has 90 valence electrons. The lowest BCUT2D eigenvalue weighted by Crippen LogP contribution is -2.01. The first-order valence-electron chi connectivity index (χ1n) is 5.27. The number of anilines is 2. The van der Waals surface area contributed by atoms with E-state index in [1.807, 2.05) is 24.4 Å². The molecule has 0 fully saturated rings. The molecule has 0 atom stereocenters. The summed E-state index contributed by atoms with van der Waals surface area (Å²) in [6, 6.07) is 5.58. The highest BCUT2D eigenvalue weighted by Crippen LogP contribution is 2.22. The average Bonchev–Trinajstić information content (AvgIpc) is 2.72. The number of nitrogen functional groups attached to an aromatic ring is 1. The van der Waals surface area contributed by atoms with Crippen molar-refractivity contribution in [3.05, 3.63) is 34.3 Å². The zero-order valence-corrected chi connectivity index (χ0v) is 10.7. The summed E-state index contributed by atoms with van der Waals surface area (Å²) in [6.07, 6.45) is 0. The molecule has 1 aromatic heterocycles. The lowest BCUT2D eigenvalue weighted by molar-refractivity contribution is 0.415. The van der Waals surface area contributed by atoms with E-state index >= 15 is 0 Å². The van der Waals surface area contributed by atoms with Crippen LogP contribution in [0, 0.1) is 6.92 Å². The minimum absolute atomic E-state index is 0.682. The minimum atomic E-state index is 0.682. The molecule has 1 aromatic carbocycles. The number of thiazole rings is 1. The topological polar surface area (TPSA) is 60.2 Å². The van der Waals surface area contributed by atoms with Crippen molar-refractivity contribution >= 4 is 22.7 Å². The van der Waals surface area contributed by atoms with E-state index in [1.54, 1.807) is 24.5 Å². The molecule has 0 aliphatic heterocycles. The van der Waals surface area contributed by atoms with Crippen LogP contribution in [0.2, 0.25) is 0 Å². The van der Waals surface area contributed by atoms with Gasteiger partial charge in [0, 0.05) is 28.9 Å². The fourth-order valence-electron chi connectivity index (χ4n) is 1.52. The van der Waals surface area contributed by atoms with E-state index in [0.717, 1.165) is 22.1 Å². The monoisotopic (exact) mass is 249 g/mol. The van der Waals surface area contributed by atoms with Crippen molar-refractivity contribution in [3.8, 4) is 5.75 Å². The van der Waals surface area contributed by atoms with Crippen LogP contribution in [0.25, 0.3) is 0 Å². The normalized spacial score (nSPS) is 10.2. The molecule has 2 rings (SSSR count). The third kappa shape index (κ3) is 3.10. The second-order valence-corrected chi connectivity index (χ2v) is 4.77. The number of aryl methyl sites for hydroxylation is 1. The fourth-order valence-corrected chi connectivity index (χ4v) is 2.14. The summed E-state index contributed by atoms with van der Waals surface area (Å²) in [5.74, 6) is 0.752. The summed E-state index contributed by atoms with van der Waals surface area (Å²) in [4.78, 5) is 4.38. The molecule has 3 N–H and O–H groups in total. The number of ether oxygens (including phenoxy) is 1. The first-order chi connectivity index (χ1) is 8.17. The molecule has 0 saturated heterocycles. The Balaban J connectivity index is 2.05. The van der Waals surface area contributed by atoms with Crippen molar-refractivity contribution in [2.75, 3.05) is 18.2 Å². The van der Waals surface area contributed by atoms with Gasteiger partial charge in [0.25, 0.3) is 0 Å². The highest BCUT2D eigenvalue weighted by molar-refractivity contribution is 7.09. The number of nitrogens with zero attached hydrogens (tertiary/aromatic N) is 1. The second-order valence-electron chi connectivity index (χ2n) is 3.71. The smallest absolute Gasteiger partial charge is 0.122 e. The molecule has 0 radical (unpaired) electrons. The third-order valence-electron chi connectivity index (χ3n) is 2.30. The molecule has 0 saturated carbocycles. The van der Waals surface area contributed by atoms with Crippen LogP contribution in [-0.2, 0) is 6.54 Å². The van der Waals surface area contributed by atoms with E-state index in [4.69, 9.17) is 10.5 Å². The zero-order valence-electron chi connectivity index (χ0n) is 9.86. The molecule has 0 spiro atoms. The number of hydrogen-bond donors (Lipinski definition) is 2. The quantitative estimate of drug-likeness (QED) is 0.818. The number of hydrogen-bond acceptors (Lipinski definition) is 5. The fraction of sp³-hybridized carbons (Fsp3) is 0.250. The lowest BCUT2D eigenvalue weighted by Gasteiger charge is -2.08. The van der Waals surface area contributed by atoms with E-state index in [9.17, 15) is 0 Å². The Morgan fingerprint density at radius 1 is 1.41 bits per heavy atom. The molecule has 2 aromatic rings. The number of methoxy groups -OCH3 is 1. The summed E-state index contributed by atoms with van der Waals surface area (Å²) < 4.78 is 5.16. The number of aromatic nitrogens is 1. The Labute approximate surface area is 104 Å². The van der Waals surface area contributed by atoms with Crippen LogP contribution >= 0.6 is 11.3 Å².